The van der Waals surface area contributed by atoms with E-state index < -0.39 is 0 Å². The second-order valence-corrected chi connectivity index (χ2v) is 11.0. The molecule has 0 radical (unpaired) electrons. The van der Waals surface area contributed by atoms with Crippen molar-refractivity contribution in [3.63, 3.8) is 0 Å². The van der Waals surface area contributed by atoms with E-state index in [4.69, 9.17) is 0 Å². The number of hydrogen-bond donors (Lipinski definition) is 1. The molecule has 202 valence electrons. The van der Waals surface area contributed by atoms with E-state index in [0.717, 1.165) is 85.4 Å². The molecule has 1 N–H and O–H groups in total. The normalized spacial score (nSPS) is 16.2. The van der Waals surface area contributed by atoms with Crippen molar-refractivity contribution in [2.75, 3.05) is 39.0 Å². The summed E-state index contributed by atoms with van der Waals surface area (Å²) in [5, 5.41) is 4.35. The molecular formula is C31H36N6O2. The molecule has 0 saturated carbocycles. The van der Waals surface area contributed by atoms with Gasteiger partial charge >= 0.3 is 0 Å². The van der Waals surface area contributed by atoms with Gasteiger partial charge in [0.05, 0.1) is 5.69 Å². The van der Waals surface area contributed by atoms with E-state index in [1.165, 1.54) is 11.3 Å². The summed E-state index contributed by atoms with van der Waals surface area (Å²) in [6, 6.07) is 14.3. The summed E-state index contributed by atoms with van der Waals surface area (Å²) in [4.78, 5) is 34.4. The van der Waals surface area contributed by atoms with Gasteiger partial charge in [-0.3, -0.25) is 19.1 Å². The van der Waals surface area contributed by atoms with Gasteiger partial charge in [-0.1, -0.05) is 12.1 Å². The monoisotopic (exact) mass is 524 g/mol. The fourth-order valence-electron chi connectivity index (χ4n) is 6.09. The summed E-state index contributed by atoms with van der Waals surface area (Å²) in [5.41, 5.74) is 6.91. The third-order valence-corrected chi connectivity index (χ3v) is 8.38. The molecule has 3 aromatic heterocycles. The molecule has 5 heterocycles. The standard InChI is InChI=1S/C31H36N6O2/c1-34(2)30(38)23-8-6-21(7-9-23)22-11-16-36(17-12-22)20-24-19-26-28(10-15-33-29(26)35(24)3)37-18-13-27-25(31(37)39)5-4-14-32-27/h6-10,13,15,18-19,22,32H,4-5,11-12,14,16-17,20H2,1-3H3. The molecule has 1 aromatic carbocycles. The Morgan fingerprint density at radius 1 is 1.10 bits per heavy atom. The number of nitrogens with one attached hydrogen (secondary N) is 1. The van der Waals surface area contributed by atoms with Gasteiger partial charge in [-0.2, -0.15) is 0 Å². The van der Waals surface area contributed by atoms with Crippen LogP contribution in [-0.4, -0.2) is 63.6 Å². The fourth-order valence-corrected chi connectivity index (χ4v) is 6.09. The number of nitrogens with zero attached hydrogens (tertiary/aromatic N) is 5. The lowest BCUT2D eigenvalue weighted by atomic mass is 9.89. The highest BCUT2D eigenvalue weighted by Crippen LogP contribution is 2.30. The fraction of sp³-hybridized carbons (Fsp3) is 0.387. The molecule has 8 nitrogen and oxygen atoms in total. The lowest BCUT2D eigenvalue weighted by Crippen LogP contribution is -2.33. The molecule has 6 rings (SSSR count). The molecule has 39 heavy (non-hydrogen) atoms. The summed E-state index contributed by atoms with van der Waals surface area (Å²) < 4.78 is 3.94. The number of piperidine rings is 1. The zero-order valence-corrected chi connectivity index (χ0v) is 23.0. The molecule has 4 aromatic rings. The molecule has 0 unspecified atom stereocenters. The van der Waals surface area contributed by atoms with E-state index >= 15 is 0 Å². The van der Waals surface area contributed by atoms with Crippen LogP contribution in [0.15, 0.2) is 59.7 Å². The average molecular weight is 525 g/mol. The van der Waals surface area contributed by atoms with Gasteiger partial charge in [0.15, 0.2) is 0 Å². The van der Waals surface area contributed by atoms with Gasteiger partial charge in [0, 0.05) is 74.5 Å². The number of likely N-dealkylation sites (tertiary alicyclic amines) is 1. The minimum absolute atomic E-state index is 0.0393. The van der Waals surface area contributed by atoms with E-state index in [1.807, 2.05) is 30.5 Å². The van der Waals surface area contributed by atoms with E-state index in [0.29, 0.717) is 5.92 Å². The van der Waals surface area contributed by atoms with Crippen molar-refractivity contribution in [3.8, 4) is 5.69 Å². The summed E-state index contributed by atoms with van der Waals surface area (Å²) in [5.74, 6) is 0.549. The second-order valence-electron chi connectivity index (χ2n) is 11.0. The molecule has 8 heteroatoms. The molecular weight excluding hydrogens is 488 g/mol. The van der Waals surface area contributed by atoms with Crippen LogP contribution in [0.25, 0.3) is 16.7 Å². The van der Waals surface area contributed by atoms with Gasteiger partial charge in [-0.25, -0.2) is 4.98 Å². The smallest absolute Gasteiger partial charge is 0.260 e. The Morgan fingerprint density at radius 2 is 1.87 bits per heavy atom. The van der Waals surface area contributed by atoms with Crippen LogP contribution in [0, 0.1) is 0 Å². The van der Waals surface area contributed by atoms with Crippen molar-refractivity contribution in [1.82, 2.24) is 23.9 Å². The summed E-state index contributed by atoms with van der Waals surface area (Å²) in [6.07, 6.45) is 7.65. The molecule has 1 fully saturated rings. The molecule has 2 aliphatic rings. The first-order valence-corrected chi connectivity index (χ1v) is 13.9. The van der Waals surface area contributed by atoms with Crippen LogP contribution in [-0.2, 0) is 20.0 Å². The number of carbonyl (C=O) groups excluding carboxylic acids is 1. The van der Waals surface area contributed by atoms with E-state index in [1.54, 1.807) is 29.8 Å². The van der Waals surface area contributed by atoms with Crippen LogP contribution < -0.4 is 10.9 Å². The van der Waals surface area contributed by atoms with E-state index in [2.05, 4.69) is 45.0 Å². The number of carbonyl (C=O) groups is 1. The number of fused-ring (bicyclic) bond motifs is 2. The van der Waals surface area contributed by atoms with Crippen LogP contribution in [0.3, 0.4) is 0 Å². The Balaban J connectivity index is 1.19. The Labute approximate surface area is 228 Å². The maximum absolute atomic E-state index is 13.4. The third-order valence-electron chi connectivity index (χ3n) is 8.38. The highest BCUT2D eigenvalue weighted by Gasteiger charge is 2.23. The van der Waals surface area contributed by atoms with Crippen LogP contribution >= 0.6 is 0 Å². The van der Waals surface area contributed by atoms with Gasteiger partial charge in [-0.05, 0) is 80.6 Å². The van der Waals surface area contributed by atoms with E-state index in [-0.39, 0.29) is 11.5 Å². The van der Waals surface area contributed by atoms with Gasteiger partial charge in [0.2, 0.25) is 0 Å². The van der Waals surface area contributed by atoms with Crippen LogP contribution in [0.5, 0.6) is 0 Å². The minimum atomic E-state index is 0.0393. The van der Waals surface area contributed by atoms with Crippen LogP contribution in [0.1, 0.15) is 52.4 Å². The summed E-state index contributed by atoms with van der Waals surface area (Å²) >= 11 is 0. The zero-order chi connectivity index (χ0) is 27.1. The van der Waals surface area contributed by atoms with Crippen LogP contribution in [0.4, 0.5) is 5.69 Å². The van der Waals surface area contributed by atoms with Crippen molar-refractivity contribution in [1.29, 1.82) is 0 Å². The Hall–Kier alpha value is -3.91. The van der Waals surface area contributed by atoms with Gasteiger partial charge in [0.25, 0.3) is 11.5 Å². The maximum atomic E-state index is 13.4. The number of aromatic nitrogens is 3. The number of aryl methyl sites for hydroxylation is 1. The van der Waals surface area contributed by atoms with E-state index in [9.17, 15) is 9.59 Å². The quantitative estimate of drug-likeness (QED) is 0.424. The van der Waals surface area contributed by atoms with Crippen molar-refractivity contribution in [2.45, 2.75) is 38.1 Å². The molecule has 1 saturated heterocycles. The van der Waals surface area contributed by atoms with Gasteiger partial charge < -0.3 is 14.8 Å². The number of benzene rings is 1. The minimum Gasteiger partial charge on any atom is -0.385 e. The number of hydrogen-bond acceptors (Lipinski definition) is 5. The molecule has 2 aliphatic heterocycles. The maximum Gasteiger partial charge on any atom is 0.260 e. The van der Waals surface area contributed by atoms with Crippen molar-refractivity contribution < 1.29 is 4.79 Å². The first kappa shape index (κ1) is 25.4. The highest BCUT2D eigenvalue weighted by atomic mass is 16.2. The second kappa shape index (κ2) is 10.3. The molecule has 0 atom stereocenters. The Kier molecular flexibility index (Phi) is 6.73. The van der Waals surface area contributed by atoms with Crippen molar-refractivity contribution in [2.24, 2.45) is 7.05 Å². The summed E-state index contributed by atoms with van der Waals surface area (Å²) in [7, 11) is 5.63. The summed E-state index contributed by atoms with van der Waals surface area (Å²) in [6.45, 7) is 3.79. The van der Waals surface area contributed by atoms with Gasteiger partial charge in [-0.15, -0.1) is 0 Å². The number of anilines is 1. The molecule has 0 bridgehead atoms. The molecule has 0 spiro atoms. The molecule has 1 amide bonds. The highest BCUT2D eigenvalue weighted by molar-refractivity contribution is 5.93. The lowest BCUT2D eigenvalue weighted by Gasteiger charge is -2.32. The first-order chi connectivity index (χ1) is 18.9. The van der Waals surface area contributed by atoms with Crippen molar-refractivity contribution in [3.05, 3.63) is 87.6 Å². The first-order valence-electron chi connectivity index (χ1n) is 13.9. The third kappa shape index (κ3) is 4.74. The predicted molar refractivity (Wildman–Crippen MR) is 155 cm³/mol. The van der Waals surface area contributed by atoms with Crippen molar-refractivity contribution >= 4 is 22.6 Å². The number of rotatable bonds is 5. The largest absolute Gasteiger partial charge is 0.385 e. The number of amides is 1. The Bertz CT molecular complexity index is 1580. The van der Waals surface area contributed by atoms with Crippen LogP contribution in [0.2, 0.25) is 0 Å². The zero-order valence-electron chi connectivity index (χ0n) is 23.0. The topological polar surface area (TPSA) is 75.4 Å². The average Bonchev–Trinajstić information content (AvgIpc) is 3.28. The lowest BCUT2D eigenvalue weighted by molar-refractivity contribution is 0.0827. The van der Waals surface area contributed by atoms with Gasteiger partial charge in [0.1, 0.15) is 5.65 Å². The predicted octanol–water partition coefficient (Wildman–Crippen LogP) is 4.16. The number of pyridine rings is 2. The SMILES string of the molecule is CN(C)C(=O)c1ccc(C2CCN(Cc3cc4c(-n5ccc6c(c5=O)CCCN6)ccnc4n3C)CC2)cc1. The molecule has 0 aliphatic carbocycles. The Morgan fingerprint density at radius 3 is 2.62 bits per heavy atom.